The zero-order valence-electron chi connectivity index (χ0n) is 16.5. The van der Waals surface area contributed by atoms with Gasteiger partial charge in [-0.05, 0) is 53.9 Å². The molecule has 160 valence electrons. The van der Waals surface area contributed by atoms with Gasteiger partial charge in [-0.3, -0.25) is 9.59 Å². The molecule has 10 heteroatoms. The van der Waals surface area contributed by atoms with Crippen LogP contribution in [0.1, 0.15) is 30.4 Å². The highest BCUT2D eigenvalue weighted by Gasteiger charge is 2.13. The van der Waals surface area contributed by atoms with Crippen molar-refractivity contribution in [1.29, 1.82) is 0 Å². The van der Waals surface area contributed by atoms with Crippen molar-refractivity contribution in [3.63, 3.8) is 0 Å². The van der Waals surface area contributed by atoms with Gasteiger partial charge in [0.25, 0.3) is 0 Å². The molecule has 0 atom stereocenters. The molecule has 2 heterocycles. The molecule has 2 aliphatic heterocycles. The molecule has 2 aliphatic rings. The van der Waals surface area contributed by atoms with Crippen LogP contribution >= 0.6 is 0 Å². The van der Waals surface area contributed by atoms with Gasteiger partial charge in [-0.25, -0.2) is 10.9 Å². The maximum Gasteiger partial charge on any atom is 0.240 e. The Morgan fingerprint density at radius 2 is 1.19 bits per heavy atom. The van der Waals surface area contributed by atoms with Crippen LogP contribution in [0.2, 0.25) is 0 Å². The molecule has 0 fully saturated rings. The van der Waals surface area contributed by atoms with Crippen LogP contribution in [0.4, 0.5) is 0 Å². The van der Waals surface area contributed by atoms with E-state index in [-0.39, 0.29) is 38.2 Å². The first-order chi connectivity index (χ1) is 15.2. The van der Waals surface area contributed by atoms with E-state index < -0.39 is 0 Å². The Kier molecular flexibility index (Phi) is 6.26. The predicted octanol–water partition coefficient (Wildman–Crippen LogP) is 1.91. The number of hydrazone groups is 2. The van der Waals surface area contributed by atoms with Gasteiger partial charge in [0.15, 0.2) is 23.0 Å². The third kappa shape index (κ3) is 5.50. The molecule has 0 saturated carbocycles. The van der Waals surface area contributed by atoms with Gasteiger partial charge in [-0.1, -0.05) is 0 Å². The lowest BCUT2D eigenvalue weighted by Crippen LogP contribution is -2.20. The van der Waals surface area contributed by atoms with Crippen LogP contribution in [-0.2, 0) is 9.59 Å². The number of nitrogens with one attached hydrogen (secondary N) is 2. The molecule has 0 aliphatic carbocycles. The van der Waals surface area contributed by atoms with Gasteiger partial charge >= 0.3 is 0 Å². The lowest BCUT2D eigenvalue weighted by atomic mass is 10.2. The molecule has 10 nitrogen and oxygen atoms in total. The van der Waals surface area contributed by atoms with Crippen molar-refractivity contribution in [2.45, 2.75) is 19.3 Å². The maximum atomic E-state index is 11.8. The van der Waals surface area contributed by atoms with E-state index in [2.05, 4.69) is 21.1 Å². The monoisotopic (exact) mass is 424 g/mol. The smallest absolute Gasteiger partial charge is 0.240 e. The molecule has 31 heavy (non-hydrogen) atoms. The predicted molar refractivity (Wildman–Crippen MR) is 110 cm³/mol. The molecule has 2 N–H and O–H groups in total. The van der Waals surface area contributed by atoms with E-state index in [4.69, 9.17) is 18.9 Å². The van der Waals surface area contributed by atoms with Crippen molar-refractivity contribution in [3.8, 4) is 23.0 Å². The van der Waals surface area contributed by atoms with Crippen LogP contribution in [0, 0.1) is 0 Å². The minimum Gasteiger partial charge on any atom is -0.454 e. The number of carbonyl (C=O) groups is 2. The van der Waals surface area contributed by atoms with E-state index in [1.807, 2.05) is 0 Å². The van der Waals surface area contributed by atoms with E-state index in [0.717, 1.165) is 11.1 Å². The second-order valence-electron chi connectivity index (χ2n) is 6.67. The topological polar surface area (TPSA) is 120 Å². The molecular formula is C21H20N4O6. The minimum absolute atomic E-state index is 0.164. The summed E-state index contributed by atoms with van der Waals surface area (Å²) in [5, 5.41) is 7.82. The Morgan fingerprint density at radius 3 is 1.68 bits per heavy atom. The number of hydrogen-bond donors (Lipinski definition) is 2. The summed E-state index contributed by atoms with van der Waals surface area (Å²) < 4.78 is 21.0. The maximum absolute atomic E-state index is 11.8. The number of benzene rings is 2. The largest absolute Gasteiger partial charge is 0.454 e. The Hall–Kier alpha value is -4.08. The van der Waals surface area contributed by atoms with Crippen molar-refractivity contribution < 1.29 is 28.5 Å². The zero-order valence-corrected chi connectivity index (χ0v) is 16.5. The number of ether oxygens (including phenoxy) is 4. The lowest BCUT2D eigenvalue weighted by Gasteiger charge is -2.01. The summed E-state index contributed by atoms with van der Waals surface area (Å²) in [7, 11) is 0. The standard InChI is InChI=1S/C21H20N4O6/c26-20(24-22-10-14-4-6-16-18(8-14)30-12-28-16)2-1-3-21(27)25-23-11-15-5-7-17-19(9-15)31-13-29-17/h4-11H,1-3,12-13H2,(H,24,26)(H,25,27). The molecule has 0 spiro atoms. The van der Waals surface area contributed by atoms with Crippen LogP contribution in [0.25, 0.3) is 0 Å². The first-order valence-corrected chi connectivity index (χ1v) is 9.60. The fourth-order valence-electron chi connectivity index (χ4n) is 2.87. The fraction of sp³-hybridized carbons (Fsp3) is 0.238. The summed E-state index contributed by atoms with van der Waals surface area (Å²) in [6, 6.07) is 10.7. The summed E-state index contributed by atoms with van der Waals surface area (Å²) in [5.74, 6) is 2.08. The minimum atomic E-state index is -0.284. The van der Waals surface area contributed by atoms with E-state index >= 15 is 0 Å². The summed E-state index contributed by atoms with van der Waals surface area (Å²) in [6.07, 6.45) is 3.72. The van der Waals surface area contributed by atoms with Crippen molar-refractivity contribution in [2.75, 3.05) is 13.6 Å². The first-order valence-electron chi connectivity index (χ1n) is 9.60. The van der Waals surface area contributed by atoms with Crippen LogP contribution in [-0.4, -0.2) is 37.8 Å². The number of rotatable bonds is 8. The van der Waals surface area contributed by atoms with E-state index in [9.17, 15) is 9.59 Å². The number of fused-ring (bicyclic) bond motifs is 2. The highest BCUT2D eigenvalue weighted by molar-refractivity contribution is 5.84. The molecule has 0 radical (unpaired) electrons. The molecule has 0 unspecified atom stereocenters. The third-order valence-corrected chi connectivity index (χ3v) is 4.41. The van der Waals surface area contributed by atoms with E-state index in [0.29, 0.717) is 29.4 Å². The number of hydrogen-bond acceptors (Lipinski definition) is 8. The third-order valence-electron chi connectivity index (χ3n) is 4.41. The molecule has 2 aromatic rings. The average Bonchev–Trinajstić information content (AvgIpc) is 3.42. The van der Waals surface area contributed by atoms with Crippen LogP contribution in [0.5, 0.6) is 23.0 Å². The van der Waals surface area contributed by atoms with Gasteiger partial charge in [0.1, 0.15) is 0 Å². The van der Waals surface area contributed by atoms with E-state index in [1.165, 1.54) is 12.4 Å². The van der Waals surface area contributed by atoms with E-state index in [1.54, 1.807) is 36.4 Å². The van der Waals surface area contributed by atoms with Crippen molar-refractivity contribution in [2.24, 2.45) is 10.2 Å². The first kappa shape index (κ1) is 20.2. The van der Waals surface area contributed by atoms with Crippen LogP contribution in [0.15, 0.2) is 46.6 Å². The summed E-state index contributed by atoms with van der Waals surface area (Å²) in [5.41, 5.74) is 6.40. The van der Waals surface area contributed by atoms with Gasteiger partial charge in [0.2, 0.25) is 25.4 Å². The second-order valence-corrected chi connectivity index (χ2v) is 6.67. The normalized spacial score (nSPS) is 13.7. The molecule has 0 bridgehead atoms. The Labute approximate surface area is 177 Å². The SMILES string of the molecule is O=C(CCCC(=O)NN=Cc1ccc2c(c1)OCO2)NN=Cc1ccc2c(c1)OCO2. The van der Waals surface area contributed by atoms with Gasteiger partial charge in [0, 0.05) is 12.8 Å². The van der Waals surface area contributed by atoms with Gasteiger partial charge < -0.3 is 18.9 Å². The fourth-order valence-corrected chi connectivity index (χ4v) is 2.87. The molecular weight excluding hydrogens is 404 g/mol. The molecule has 2 aromatic carbocycles. The summed E-state index contributed by atoms with van der Waals surface area (Å²) >= 11 is 0. The summed E-state index contributed by atoms with van der Waals surface area (Å²) in [6.45, 7) is 0.397. The van der Waals surface area contributed by atoms with Crippen LogP contribution in [0.3, 0.4) is 0 Å². The van der Waals surface area contributed by atoms with Crippen LogP contribution < -0.4 is 29.8 Å². The number of amides is 2. The average molecular weight is 424 g/mol. The number of carbonyl (C=O) groups excluding carboxylic acids is 2. The molecule has 0 saturated heterocycles. The quantitative estimate of drug-likeness (QED) is 0.494. The van der Waals surface area contributed by atoms with Gasteiger partial charge in [-0.15, -0.1) is 0 Å². The Bertz CT molecular complexity index is 955. The summed E-state index contributed by atoms with van der Waals surface area (Å²) in [4.78, 5) is 23.7. The Balaban J connectivity index is 1.13. The molecule has 4 rings (SSSR count). The highest BCUT2D eigenvalue weighted by Crippen LogP contribution is 2.32. The zero-order chi connectivity index (χ0) is 21.5. The molecule has 2 amide bonds. The number of nitrogens with zero attached hydrogens (tertiary/aromatic N) is 2. The van der Waals surface area contributed by atoms with Crippen molar-refractivity contribution >= 4 is 24.2 Å². The molecule has 0 aromatic heterocycles. The van der Waals surface area contributed by atoms with Crippen molar-refractivity contribution in [1.82, 2.24) is 10.9 Å². The van der Waals surface area contributed by atoms with Gasteiger partial charge in [-0.2, -0.15) is 10.2 Å². The second kappa shape index (κ2) is 9.61. The lowest BCUT2D eigenvalue weighted by molar-refractivity contribution is -0.122. The van der Waals surface area contributed by atoms with Crippen molar-refractivity contribution in [3.05, 3.63) is 47.5 Å². The highest BCUT2D eigenvalue weighted by atomic mass is 16.7. The Morgan fingerprint density at radius 1 is 0.742 bits per heavy atom. The van der Waals surface area contributed by atoms with Gasteiger partial charge in [0.05, 0.1) is 12.4 Å².